The smallest absolute Gasteiger partial charge is 0.311 e. The molecule has 0 aromatic heterocycles. The highest BCUT2D eigenvalue weighted by Crippen LogP contribution is 2.31. The van der Waals surface area contributed by atoms with Crippen molar-refractivity contribution in [2.45, 2.75) is 52.0 Å². The van der Waals surface area contributed by atoms with Gasteiger partial charge in [-0.1, -0.05) is 15.9 Å². The van der Waals surface area contributed by atoms with Crippen LogP contribution < -0.4 is 10.6 Å². The van der Waals surface area contributed by atoms with Gasteiger partial charge in [0.1, 0.15) is 0 Å². The van der Waals surface area contributed by atoms with Gasteiger partial charge in [0.05, 0.1) is 5.56 Å². The lowest BCUT2D eigenvalue weighted by atomic mass is 10.1. The van der Waals surface area contributed by atoms with Crippen molar-refractivity contribution in [3.8, 4) is 0 Å². The predicted octanol–water partition coefficient (Wildman–Crippen LogP) is 4.33. The Morgan fingerprint density at radius 1 is 1.19 bits per heavy atom. The number of rotatable bonds is 5. The van der Waals surface area contributed by atoms with E-state index in [-0.39, 0.29) is 11.6 Å². The quantitative estimate of drug-likeness (QED) is 0.809. The number of hydrogen-bond acceptors (Lipinski definition) is 2. The van der Waals surface area contributed by atoms with Crippen LogP contribution >= 0.6 is 15.9 Å². The van der Waals surface area contributed by atoms with Gasteiger partial charge in [-0.2, -0.15) is 13.2 Å². The first-order valence-electron chi connectivity index (χ1n) is 6.83. The summed E-state index contributed by atoms with van der Waals surface area (Å²) in [6.07, 6.45) is -4.31. The fourth-order valence-electron chi connectivity index (χ4n) is 1.70. The maximum atomic E-state index is 12.7. The average molecular weight is 367 g/mol. The highest BCUT2D eigenvalue weighted by Gasteiger charge is 2.30. The highest BCUT2D eigenvalue weighted by atomic mass is 79.9. The first kappa shape index (κ1) is 18.5. The van der Waals surface area contributed by atoms with E-state index in [1.165, 1.54) is 12.1 Å². The first-order chi connectivity index (χ1) is 9.49. The van der Waals surface area contributed by atoms with Crippen molar-refractivity contribution in [3.05, 3.63) is 33.8 Å². The molecule has 0 bridgehead atoms. The van der Waals surface area contributed by atoms with Crippen LogP contribution in [0.4, 0.5) is 13.2 Å². The predicted molar refractivity (Wildman–Crippen MR) is 83.2 cm³/mol. The molecular weight excluding hydrogens is 345 g/mol. The minimum Gasteiger partial charge on any atom is -0.311 e. The van der Waals surface area contributed by atoms with Gasteiger partial charge >= 0.3 is 6.18 Å². The van der Waals surface area contributed by atoms with E-state index >= 15 is 0 Å². The van der Waals surface area contributed by atoms with Gasteiger partial charge in [-0.25, -0.2) is 0 Å². The molecule has 21 heavy (non-hydrogen) atoms. The van der Waals surface area contributed by atoms with Gasteiger partial charge in [0.25, 0.3) is 0 Å². The summed E-state index contributed by atoms with van der Waals surface area (Å²) in [6, 6.07) is 3.86. The number of hydrogen-bond donors (Lipinski definition) is 2. The molecular formula is C15H22BrF3N2. The standard InChI is InChI=1S/C15H22BrF3N2/c1-10(8-21-14(2,3)4)20-9-11-7-12(15(17,18)19)5-6-13(11)16/h5-7,10,20-21H,8-9H2,1-4H3. The molecule has 1 aromatic rings. The van der Waals surface area contributed by atoms with Gasteiger partial charge in [0, 0.05) is 29.1 Å². The summed E-state index contributed by atoms with van der Waals surface area (Å²) in [7, 11) is 0. The van der Waals surface area contributed by atoms with Crippen LogP contribution in [0.2, 0.25) is 0 Å². The SMILES string of the molecule is CC(CNC(C)(C)C)NCc1cc(C(F)(F)F)ccc1Br. The molecule has 0 saturated heterocycles. The van der Waals surface area contributed by atoms with Crippen LogP contribution in [-0.2, 0) is 12.7 Å². The zero-order chi connectivity index (χ0) is 16.3. The van der Waals surface area contributed by atoms with Crippen LogP contribution in [-0.4, -0.2) is 18.1 Å². The van der Waals surface area contributed by atoms with Crippen molar-refractivity contribution in [1.82, 2.24) is 10.6 Å². The summed E-state index contributed by atoms with van der Waals surface area (Å²) in [4.78, 5) is 0. The molecule has 0 radical (unpaired) electrons. The van der Waals surface area contributed by atoms with Gasteiger partial charge in [0.15, 0.2) is 0 Å². The molecule has 2 nitrogen and oxygen atoms in total. The van der Waals surface area contributed by atoms with E-state index in [0.717, 1.165) is 12.6 Å². The lowest BCUT2D eigenvalue weighted by Gasteiger charge is -2.24. The summed E-state index contributed by atoms with van der Waals surface area (Å²) in [6.45, 7) is 9.35. The second kappa shape index (κ2) is 7.11. The molecule has 0 amide bonds. The van der Waals surface area contributed by atoms with Gasteiger partial charge < -0.3 is 10.6 Å². The van der Waals surface area contributed by atoms with Crippen LogP contribution in [0, 0.1) is 0 Å². The Morgan fingerprint density at radius 2 is 1.81 bits per heavy atom. The molecule has 0 fully saturated rings. The van der Waals surface area contributed by atoms with Crippen molar-refractivity contribution < 1.29 is 13.2 Å². The monoisotopic (exact) mass is 366 g/mol. The topological polar surface area (TPSA) is 24.1 Å². The van der Waals surface area contributed by atoms with E-state index in [9.17, 15) is 13.2 Å². The number of alkyl halides is 3. The fourth-order valence-corrected chi connectivity index (χ4v) is 2.09. The molecule has 120 valence electrons. The van der Waals surface area contributed by atoms with E-state index in [1.807, 2.05) is 6.92 Å². The van der Waals surface area contributed by atoms with Crippen molar-refractivity contribution in [1.29, 1.82) is 0 Å². The maximum absolute atomic E-state index is 12.7. The molecule has 0 aliphatic carbocycles. The van der Waals surface area contributed by atoms with Gasteiger partial charge in [-0.3, -0.25) is 0 Å². The van der Waals surface area contributed by atoms with Crippen molar-refractivity contribution in [2.75, 3.05) is 6.54 Å². The second-order valence-electron chi connectivity index (χ2n) is 6.22. The van der Waals surface area contributed by atoms with E-state index in [2.05, 4.69) is 47.3 Å². The van der Waals surface area contributed by atoms with Gasteiger partial charge in [-0.15, -0.1) is 0 Å². The minimum absolute atomic E-state index is 0.0206. The number of benzene rings is 1. The van der Waals surface area contributed by atoms with Crippen molar-refractivity contribution >= 4 is 15.9 Å². The van der Waals surface area contributed by atoms with Crippen LogP contribution in [0.15, 0.2) is 22.7 Å². The molecule has 1 rings (SSSR count). The number of nitrogens with one attached hydrogen (secondary N) is 2. The van der Waals surface area contributed by atoms with E-state index in [4.69, 9.17) is 0 Å². The molecule has 6 heteroatoms. The summed E-state index contributed by atoms with van der Waals surface area (Å²) in [5.74, 6) is 0. The molecule has 0 heterocycles. The Bertz CT molecular complexity index is 467. The summed E-state index contributed by atoms with van der Waals surface area (Å²) in [5.41, 5.74) is 0.00241. The highest BCUT2D eigenvalue weighted by molar-refractivity contribution is 9.10. The zero-order valence-electron chi connectivity index (χ0n) is 12.7. The Labute approximate surface area is 132 Å². The lowest BCUT2D eigenvalue weighted by molar-refractivity contribution is -0.137. The normalized spacial score (nSPS) is 14.3. The van der Waals surface area contributed by atoms with Crippen LogP contribution in [0.3, 0.4) is 0 Å². The lowest BCUT2D eigenvalue weighted by Crippen LogP contribution is -2.44. The molecule has 0 spiro atoms. The van der Waals surface area contributed by atoms with Crippen molar-refractivity contribution in [2.24, 2.45) is 0 Å². The molecule has 1 aromatic carbocycles. The molecule has 1 atom stereocenters. The molecule has 0 saturated carbocycles. The zero-order valence-corrected chi connectivity index (χ0v) is 14.3. The van der Waals surface area contributed by atoms with Gasteiger partial charge in [-0.05, 0) is 51.5 Å². The molecule has 1 unspecified atom stereocenters. The van der Waals surface area contributed by atoms with Crippen LogP contribution in [0.1, 0.15) is 38.8 Å². The molecule has 0 aliphatic rings. The Kier molecular flexibility index (Phi) is 6.25. The Hall–Kier alpha value is -0.590. The van der Waals surface area contributed by atoms with Gasteiger partial charge in [0.2, 0.25) is 0 Å². The largest absolute Gasteiger partial charge is 0.416 e. The van der Waals surface area contributed by atoms with E-state index < -0.39 is 11.7 Å². The maximum Gasteiger partial charge on any atom is 0.416 e. The average Bonchev–Trinajstić information content (AvgIpc) is 2.33. The second-order valence-corrected chi connectivity index (χ2v) is 7.07. The summed E-state index contributed by atoms with van der Waals surface area (Å²) >= 11 is 3.30. The molecule has 0 aliphatic heterocycles. The summed E-state index contributed by atoms with van der Waals surface area (Å²) < 4.78 is 38.8. The Morgan fingerprint density at radius 3 is 2.33 bits per heavy atom. The minimum atomic E-state index is -4.31. The van der Waals surface area contributed by atoms with E-state index in [0.29, 0.717) is 16.6 Å². The van der Waals surface area contributed by atoms with Crippen LogP contribution in [0.25, 0.3) is 0 Å². The third-order valence-electron chi connectivity index (χ3n) is 2.95. The third kappa shape index (κ3) is 6.80. The number of halogens is 4. The first-order valence-corrected chi connectivity index (χ1v) is 7.62. The van der Waals surface area contributed by atoms with Crippen LogP contribution in [0.5, 0.6) is 0 Å². The Balaban J connectivity index is 2.63. The van der Waals surface area contributed by atoms with E-state index in [1.54, 1.807) is 0 Å². The fraction of sp³-hybridized carbons (Fsp3) is 0.600. The third-order valence-corrected chi connectivity index (χ3v) is 3.73. The summed E-state index contributed by atoms with van der Waals surface area (Å²) in [5, 5.41) is 6.59. The molecule has 2 N–H and O–H groups in total. The van der Waals surface area contributed by atoms with Crippen molar-refractivity contribution in [3.63, 3.8) is 0 Å².